The number of hydrogen-bond donors (Lipinski definition) is 3. The Morgan fingerprint density at radius 3 is 2.31 bits per heavy atom. The zero-order chi connectivity index (χ0) is 44.4. The minimum atomic E-state index is -1.01. The predicted molar refractivity (Wildman–Crippen MR) is 232 cm³/mol. The number of amides is 2. The van der Waals surface area contributed by atoms with Gasteiger partial charge in [0.2, 0.25) is 11.8 Å². The summed E-state index contributed by atoms with van der Waals surface area (Å²) in [6.45, 7) is 9.18. The summed E-state index contributed by atoms with van der Waals surface area (Å²) >= 11 is 0. The van der Waals surface area contributed by atoms with E-state index in [1.807, 2.05) is 36.4 Å². The Balaban J connectivity index is 1.64. The van der Waals surface area contributed by atoms with Crippen molar-refractivity contribution in [3.05, 3.63) is 89.2 Å². The fraction of sp³-hybridized carbons (Fsp3) is 0.583. The van der Waals surface area contributed by atoms with E-state index in [-0.39, 0.29) is 38.9 Å². The second kappa shape index (κ2) is 24.2. The van der Waals surface area contributed by atoms with Gasteiger partial charge in [0, 0.05) is 44.7 Å². The first kappa shape index (κ1) is 49.1. The first-order valence-corrected chi connectivity index (χ1v) is 21.9. The number of carbonyl (C=O) groups is 4. The highest BCUT2D eigenvalue weighted by Crippen LogP contribution is 2.43. The van der Waals surface area contributed by atoms with E-state index < -0.39 is 72.1 Å². The summed E-state index contributed by atoms with van der Waals surface area (Å²) in [5, 5.41) is 22.1. The predicted octanol–water partition coefficient (Wildman–Crippen LogP) is 6.83. The topological polar surface area (TPSA) is 170 Å². The van der Waals surface area contributed by atoms with Gasteiger partial charge in [-0.1, -0.05) is 82.0 Å². The number of nitrogens with zero attached hydrogens (tertiary/aromatic N) is 1. The molecule has 1 aliphatic carbocycles. The molecule has 2 amide bonds. The van der Waals surface area contributed by atoms with Crippen molar-refractivity contribution in [2.75, 3.05) is 26.9 Å². The molecule has 1 aliphatic heterocycles. The highest BCUT2D eigenvalue weighted by Gasteiger charge is 2.53. The second-order valence-corrected chi connectivity index (χ2v) is 17.0. The van der Waals surface area contributed by atoms with Gasteiger partial charge in [-0.25, -0.2) is 4.79 Å². The molecule has 336 valence electrons. The molecule has 3 N–H and O–H groups in total. The van der Waals surface area contributed by atoms with Crippen LogP contribution in [0.4, 0.5) is 0 Å². The molecule has 1 heterocycles. The van der Waals surface area contributed by atoms with Gasteiger partial charge in [0.1, 0.15) is 36.6 Å². The minimum Gasteiger partial charge on any atom is -0.499 e. The Labute approximate surface area is 361 Å². The summed E-state index contributed by atoms with van der Waals surface area (Å²) in [6.07, 6.45) is 10.0. The van der Waals surface area contributed by atoms with E-state index in [1.165, 1.54) is 11.2 Å². The van der Waals surface area contributed by atoms with Crippen LogP contribution in [0.15, 0.2) is 72.5 Å². The SMILES string of the molecule is CCCCCC1(CCCCC)O[C@@H]2[C@@H](C=C(C(=O)N(C)[C@H](Cc3ccccc3)C(=O)N[C@H](CO)CCC(=O)OC(C)(C)C)C[C@H]2OC(=O)c2cccc(C=COCCO)c2)O1. The number of carbonyl (C=O) groups excluding carboxylic acids is 4. The summed E-state index contributed by atoms with van der Waals surface area (Å²) in [4.78, 5) is 56.6. The van der Waals surface area contributed by atoms with Gasteiger partial charge < -0.3 is 44.1 Å². The number of nitrogens with one attached hydrogen (secondary N) is 1. The molecule has 2 aromatic carbocycles. The van der Waals surface area contributed by atoms with Crippen LogP contribution in [-0.4, -0.2) is 108 Å². The maximum Gasteiger partial charge on any atom is 0.338 e. The Morgan fingerprint density at radius 1 is 0.967 bits per heavy atom. The van der Waals surface area contributed by atoms with E-state index in [0.717, 1.165) is 44.1 Å². The smallest absolute Gasteiger partial charge is 0.338 e. The lowest BCUT2D eigenvalue weighted by molar-refractivity contribution is -0.190. The standard InChI is InChI=1S/C48H68N2O11/c1-7-9-14-24-48(25-15-10-8-2)59-41-32-37(31-40(43(41)61-48)58-46(56)36-20-16-19-35(29-36)23-27-57-28-26-51)45(55)50(6)39(30-34-17-12-11-13-18-34)44(54)49-38(33-52)21-22-42(53)60-47(3,4)5/h11-13,16-20,23,27,29,32,38-41,43,51-52H,7-10,14-15,21-22,24-26,28,30-31,33H2,1-6H3,(H,49,54)/t38-,39+,40+,41+,43-/m0/s1. The molecule has 0 unspecified atom stereocenters. The molecule has 13 heteroatoms. The lowest BCUT2D eigenvalue weighted by Crippen LogP contribution is -2.53. The molecular weight excluding hydrogens is 781 g/mol. The lowest BCUT2D eigenvalue weighted by Gasteiger charge is -2.34. The molecule has 0 spiro atoms. The monoisotopic (exact) mass is 848 g/mol. The van der Waals surface area contributed by atoms with Crippen LogP contribution >= 0.6 is 0 Å². The van der Waals surface area contributed by atoms with Crippen molar-refractivity contribution in [2.45, 2.75) is 153 Å². The number of benzene rings is 2. The van der Waals surface area contributed by atoms with Crippen molar-refractivity contribution >= 4 is 29.8 Å². The molecule has 1 saturated heterocycles. The number of unbranched alkanes of at least 4 members (excludes halogenated alkanes) is 4. The molecule has 4 rings (SSSR count). The van der Waals surface area contributed by atoms with Gasteiger partial charge in [-0.15, -0.1) is 0 Å². The number of aliphatic hydroxyl groups excluding tert-OH is 2. The molecule has 5 atom stereocenters. The maximum atomic E-state index is 14.7. The van der Waals surface area contributed by atoms with E-state index in [2.05, 4.69) is 19.2 Å². The van der Waals surface area contributed by atoms with Crippen LogP contribution in [0.2, 0.25) is 0 Å². The number of hydrogen-bond acceptors (Lipinski definition) is 11. The first-order chi connectivity index (χ1) is 29.2. The van der Waals surface area contributed by atoms with Crippen molar-refractivity contribution in [2.24, 2.45) is 0 Å². The zero-order valence-electron chi connectivity index (χ0n) is 36.9. The van der Waals surface area contributed by atoms with Crippen LogP contribution in [0, 0.1) is 0 Å². The molecule has 0 saturated carbocycles. The molecule has 0 radical (unpaired) electrons. The fourth-order valence-electron chi connectivity index (χ4n) is 7.61. The summed E-state index contributed by atoms with van der Waals surface area (Å²) in [7, 11) is 1.56. The van der Waals surface area contributed by atoms with E-state index in [4.69, 9.17) is 28.8 Å². The van der Waals surface area contributed by atoms with E-state index >= 15 is 0 Å². The van der Waals surface area contributed by atoms with Crippen LogP contribution < -0.4 is 5.32 Å². The van der Waals surface area contributed by atoms with Crippen LogP contribution in [0.3, 0.4) is 0 Å². The van der Waals surface area contributed by atoms with E-state index in [0.29, 0.717) is 29.5 Å². The Bertz CT molecular complexity index is 1760. The Kier molecular flexibility index (Phi) is 19.5. The summed E-state index contributed by atoms with van der Waals surface area (Å²) < 4.78 is 30.6. The van der Waals surface area contributed by atoms with E-state index in [9.17, 15) is 24.3 Å². The van der Waals surface area contributed by atoms with Gasteiger partial charge in [0.25, 0.3) is 0 Å². The largest absolute Gasteiger partial charge is 0.499 e. The molecule has 61 heavy (non-hydrogen) atoms. The van der Waals surface area contributed by atoms with Crippen LogP contribution in [0.1, 0.15) is 127 Å². The number of rotatable bonds is 24. The highest BCUT2D eigenvalue weighted by atomic mass is 16.8. The third kappa shape index (κ3) is 15.4. The molecular formula is C48H68N2O11. The number of ether oxygens (including phenoxy) is 5. The maximum absolute atomic E-state index is 14.7. The summed E-state index contributed by atoms with van der Waals surface area (Å²) in [6, 6.07) is 14.4. The molecule has 0 aromatic heterocycles. The summed E-state index contributed by atoms with van der Waals surface area (Å²) in [5.74, 6) is -2.91. The molecule has 2 aromatic rings. The quantitative estimate of drug-likeness (QED) is 0.0575. The first-order valence-electron chi connectivity index (χ1n) is 21.9. The van der Waals surface area contributed by atoms with Crippen LogP contribution in [0.5, 0.6) is 0 Å². The van der Waals surface area contributed by atoms with Gasteiger partial charge in [0.15, 0.2) is 5.79 Å². The number of esters is 2. The molecule has 2 aliphatic rings. The summed E-state index contributed by atoms with van der Waals surface area (Å²) in [5.41, 5.74) is 1.44. The van der Waals surface area contributed by atoms with Crippen LogP contribution in [0.25, 0.3) is 6.08 Å². The average molecular weight is 849 g/mol. The van der Waals surface area contributed by atoms with Gasteiger partial charge >= 0.3 is 11.9 Å². The Hall–Kier alpha value is -4.56. The zero-order valence-corrected chi connectivity index (χ0v) is 36.9. The van der Waals surface area contributed by atoms with Crippen molar-refractivity contribution < 1.29 is 53.1 Å². The Morgan fingerprint density at radius 2 is 1.67 bits per heavy atom. The van der Waals surface area contributed by atoms with Crippen molar-refractivity contribution in [1.82, 2.24) is 10.2 Å². The molecule has 0 bridgehead atoms. The number of aliphatic hydroxyl groups is 2. The minimum absolute atomic E-state index is 0.0167. The normalized spacial score (nSPS) is 19.3. The van der Waals surface area contributed by atoms with Gasteiger partial charge in [0.05, 0.1) is 31.1 Å². The average Bonchev–Trinajstić information content (AvgIpc) is 3.61. The van der Waals surface area contributed by atoms with E-state index in [1.54, 1.807) is 58.2 Å². The van der Waals surface area contributed by atoms with Crippen molar-refractivity contribution in [3.63, 3.8) is 0 Å². The second-order valence-electron chi connectivity index (χ2n) is 17.0. The van der Waals surface area contributed by atoms with Gasteiger partial charge in [-0.2, -0.15) is 0 Å². The van der Waals surface area contributed by atoms with Gasteiger partial charge in [-0.05, 0) is 75.4 Å². The number of likely N-dealkylation sites (N-methyl/N-ethyl adjacent to an activating group) is 1. The molecule has 1 fully saturated rings. The van der Waals surface area contributed by atoms with Crippen LogP contribution in [-0.2, 0) is 44.5 Å². The van der Waals surface area contributed by atoms with Crippen molar-refractivity contribution in [3.8, 4) is 0 Å². The molecule has 13 nitrogen and oxygen atoms in total. The third-order valence-corrected chi connectivity index (χ3v) is 10.8. The van der Waals surface area contributed by atoms with Gasteiger partial charge in [-0.3, -0.25) is 14.4 Å². The number of fused-ring (bicyclic) bond motifs is 1. The third-order valence-electron chi connectivity index (χ3n) is 10.8. The van der Waals surface area contributed by atoms with Crippen molar-refractivity contribution in [1.29, 1.82) is 0 Å². The highest BCUT2D eigenvalue weighted by molar-refractivity contribution is 5.97. The lowest BCUT2D eigenvalue weighted by atomic mass is 9.90. The fourth-order valence-corrected chi connectivity index (χ4v) is 7.61.